The van der Waals surface area contributed by atoms with Gasteiger partial charge in [0.25, 0.3) is 0 Å². The van der Waals surface area contributed by atoms with Gasteiger partial charge in [0.15, 0.2) is 0 Å². The highest BCUT2D eigenvalue weighted by Gasteiger charge is 2.04. The van der Waals surface area contributed by atoms with E-state index >= 15 is 0 Å². The van der Waals surface area contributed by atoms with E-state index in [1.165, 1.54) is 0 Å². The molecule has 0 aliphatic rings. The Hall–Kier alpha value is -1.13. The second-order valence-corrected chi connectivity index (χ2v) is 4.27. The summed E-state index contributed by atoms with van der Waals surface area (Å²) in [5, 5.41) is 0.951. The number of ether oxygens (including phenoxy) is 1. The van der Waals surface area contributed by atoms with Crippen molar-refractivity contribution in [3.8, 4) is 0 Å². The zero-order valence-electron chi connectivity index (χ0n) is 9.43. The molecule has 0 amide bonds. The molecule has 16 heavy (non-hydrogen) atoms. The Morgan fingerprint density at radius 2 is 1.88 bits per heavy atom. The summed E-state index contributed by atoms with van der Waals surface area (Å²) in [6.45, 7) is 4.69. The molecule has 0 bridgehead atoms. The van der Waals surface area contributed by atoms with E-state index in [1.54, 1.807) is 11.8 Å². The first kappa shape index (κ1) is 11.4. The first-order valence-corrected chi connectivity index (χ1v) is 6.23. The highest BCUT2D eigenvalue weighted by Crippen LogP contribution is 2.21. The lowest BCUT2D eigenvalue weighted by atomic mass is 10.3. The van der Waals surface area contributed by atoms with Crippen molar-refractivity contribution in [3.05, 3.63) is 30.0 Å². The molecular formula is C12H14N2OS. The van der Waals surface area contributed by atoms with Gasteiger partial charge in [-0.2, -0.15) is 0 Å². The van der Waals surface area contributed by atoms with Crippen molar-refractivity contribution in [2.24, 2.45) is 0 Å². The van der Waals surface area contributed by atoms with Crippen molar-refractivity contribution in [1.82, 2.24) is 9.97 Å². The predicted molar refractivity (Wildman–Crippen MR) is 66.6 cm³/mol. The molecule has 0 N–H and O–H groups in total. The second kappa shape index (κ2) is 5.27. The average Bonchev–Trinajstić information content (AvgIpc) is 2.30. The van der Waals surface area contributed by atoms with E-state index in [4.69, 9.17) is 4.74 Å². The summed E-state index contributed by atoms with van der Waals surface area (Å²) in [6, 6.07) is 7.91. The minimum Gasteiger partial charge on any atom is -0.371 e. The van der Waals surface area contributed by atoms with Gasteiger partial charge in [0.2, 0.25) is 0 Å². The minimum atomic E-state index is 0.629. The molecular weight excluding hydrogens is 220 g/mol. The van der Waals surface area contributed by atoms with Crippen LogP contribution in [0, 0.1) is 6.92 Å². The van der Waals surface area contributed by atoms with Gasteiger partial charge in [0, 0.05) is 6.61 Å². The standard InChI is InChI=1S/C12H14N2OS/c1-3-15-8-16-12-9(2)13-10-6-4-5-7-11(10)14-12/h4-7H,3,8H2,1-2H3. The summed E-state index contributed by atoms with van der Waals surface area (Å²) in [5.74, 6) is 0.629. The van der Waals surface area contributed by atoms with Gasteiger partial charge in [-0.25, -0.2) is 9.97 Å². The molecule has 2 rings (SSSR count). The fourth-order valence-corrected chi connectivity index (χ4v) is 2.17. The van der Waals surface area contributed by atoms with Crippen LogP contribution in [0.3, 0.4) is 0 Å². The number of fused-ring (bicyclic) bond motifs is 1. The van der Waals surface area contributed by atoms with Crippen LogP contribution >= 0.6 is 11.8 Å². The molecule has 0 aliphatic carbocycles. The van der Waals surface area contributed by atoms with Crippen LogP contribution in [-0.4, -0.2) is 22.5 Å². The van der Waals surface area contributed by atoms with Crippen LogP contribution in [0.1, 0.15) is 12.6 Å². The quantitative estimate of drug-likeness (QED) is 0.463. The van der Waals surface area contributed by atoms with Gasteiger partial charge in [-0.3, -0.25) is 0 Å². The topological polar surface area (TPSA) is 35.0 Å². The van der Waals surface area contributed by atoms with Gasteiger partial charge < -0.3 is 4.74 Å². The number of nitrogens with zero attached hydrogens (tertiary/aromatic N) is 2. The molecule has 3 nitrogen and oxygen atoms in total. The van der Waals surface area contributed by atoms with Gasteiger partial charge in [0.05, 0.1) is 22.7 Å². The van der Waals surface area contributed by atoms with Gasteiger partial charge in [0.1, 0.15) is 5.03 Å². The Morgan fingerprint density at radius 3 is 2.56 bits per heavy atom. The Morgan fingerprint density at radius 1 is 1.19 bits per heavy atom. The molecule has 0 atom stereocenters. The van der Waals surface area contributed by atoms with Crippen molar-refractivity contribution in [2.75, 3.05) is 12.5 Å². The fraction of sp³-hybridized carbons (Fsp3) is 0.333. The Kier molecular flexibility index (Phi) is 3.74. The van der Waals surface area contributed by atoms with Crippen LogP contribution in [0.15, 0.2) is 29.3 Å². The summed E-state index contributed by atoms with van der Waals surface area (Å²) in [4.78, 5) is 9.08. The summed E-state index contributed by atoms with van der Waals surface area (Å²) < 4.78 is 5.30. The highest BCUT2D eigenvalue weighted by molar-refractivity contribution is 7.99. The van der Waals surface area contributed by atoms with E-state index in [-0.39, 0.29) is 0 Å². The average molecular weight is 234 g/mol. The zero-order valence-corrected chi connectivity index (χ0v) is 10.3. The Bertz CT molecular complexity index is 487. The smallest absolute Gasteiger partial charge is 0.120 e. The van der Waals surface area contributed by atoms with E-state index in [0.717, 1.165) is 28.4 Å². The second-order valence-electron chi connectivity index (χ2n) is 3.36. The zero-order chi connectivity index (χ0) is 11.4. The molecule has 1 aromatic heterocycles. The third kappa shape index (κ3) is 2.51. The number of rotatable bonds is 4. The third-order valence-electron chi connectivity index (χ3n) is 2.18. The molecule has 0 saturated heterocycles. The van der Waals surface area contributed by atoms with E-state index < -0.39 is 0 Å². The van der Waals surface area contributed by atoms with Crippen LogP contribution in [0.5, 0.6) is 0 Å². The lowest BCUT2D eigenvalue weighted by Gasteiger charge is -2.05. The Balaban J connectivity index is 2.27. The predicted octanol–water partition coefficient (Wildman–Crippen LogP) is 3.02. The molecule has 0 radical (unpaired) electrons. The van der Waals surface area contributed by atoms with Gasteiger partial charge >= 0.3 is 0 Å². The molecule has 0 fully saturated rings. The van der Waals surface area contributed by atoms with E-state index in [0.29, 0.717) is 5.94 Å². The molecule has 1 heterocycles. The molecule has 84 valence electrons. The molecule has 1 aromatic carbocycles. The number of para-hydroxylation sites is 2. The van der Waals surface area contributed by atoms with Crippen molar-refractivity contribution < 1.29 is 4.74 Å². The molecule has 4 heteroatoms. The fourth-order valence-electron chi connectivity index (χ4n) is 1.39. The maximum atomic E-state index is 5.30. The minimum absolute atomic E-state index is 0.629. The normalized spacial score (nSPS) is 10.9. The number of thioether (sulfide) groups is 1. The van der Waals surface area contributed by atoms with Crippen molar-refractivity contribution >= 4 is 22.8 Å². The maximum absolute atomic E-state index is 5.30. The maximum Gasteiger partial charge on any atom is 0.120 e. The monoisotopic (exact) mass is 234 g/mol. The van der Waals surface area contributed by atoms with Crippen LogP contribution in [-0.2, 0) is 4.74 Å². The van der Waals surface area contributed by atoms with Crippen LogP contribution in [0.2, 0.25) is 0 Å². The largest absolute Gasteiger partial charge is 0.371 e. The molecule has 0 saturated carbocycles. The first-order chi connectivity index (χ1) is 7.81. The van der Waals surface area contributed by atoms with Crippen molar-refractivity contribution in [1.29, 1.82) is 0 Å². The summed E-state index contributed by atoms with van der Waals surface area (Å²) in [6.07, 6.45) is 0. The van der Waals surface area contributed by atoms with E-state index in [2.05, 4.69) is 9.97 Å². The SMILES string of the molecule is CCOCSc1nc2ccccc2nc1C. The molecule has 0 aliphatic heterocycles. The number of benzene rings is 1. The molecule has 2 aromatic rings. The van der Waals surface area contributed by atoms with E-state index in [1.807, 2.05) is 38.1 Å². The lowest BCUT2D eigenvalue weighted by Crippen LogP contribution is -1.95. The molecule has 0 unspecified atom stereocenters. The number of aromatic nitrogens is 2. The third-order valence-corrected chi connectivity index (χ3v) is 3.13. The summed E-state index contributed by atoms with van der Waals surface area (Å²) in [7, 11) is 0. The summed E-state index contributed by atoms with van der Waals surface area (Å²) in [5.41, 5.74) is 2.84. The number of hydrogen-bond acceptors (Lipinski definition) is 4. The van der Waals surface area contributed by atoms with E-state index in [9.17, 15) is 0 Å². The van der Waals surface area contributed by atoms with Gasteiger partial charge in [-0.05, 0) is 26.0 Å². The number of hydrogen-bond donors (Lipinski definition) is 0. The van der Waals surface area contributed by atoms with Crippen LogP contribution < -0.4 is 0 Å². The van der Waals surface area contributed by atoms with Crippen molar-refractivity contribution in [3.63, 3.8) is 0 Å². The lowest BCUT2D eigenvalue weighted by molar-refractivity contribution is 0.199. The van der Waals surface area contributed by atoms with Crippen LogP contribution in [0.25, 0.3) is 11.0 Å². The van der Waals surface area contributed by atoms with Crippen LogP contribution in [0.4, 0.5) is 0 Å². The first-order valence-electron chi connectivity index (χ1n) is 5.25. The number of aryl methyl sites for hydroxylation is 1. The highest BCUT2D eigenvalue weighted by atomic mass is 32.2. The summed E-state index contributed by atoms with van der Waals surface area (Å²) >= 11 is 1.59. The van der Waals surface area contributed by atoms with Gasteiger partial charge in [-0.15, -0.1) is 0 Å². The van der Waals surface area contributed by atoms with Gasteiger partial charge in [-0.1, -0.05) is 23.9 Å². The molecule has 0 spiro atoms. The Labute approximate surface area is 99.2 Å². The van der Waals surface area contributed by atoms with Crippen molar-refractivity contribution in [2.45, 2.75) is 18.9 Å².